The van der Waals surface area contributed by atoms with Gasteiger partial charge in [0.25, 0.3) is 0 Å². The molecule has 0 fully saturated rings. The Morgan fingerprint density at radius 2 is 2.11 bits per heavy atom. The van der Waals surface area contributed by atoms with Gasteiger partial charge in [-0.05, 0) is 36.3 Å². The lowest BCUT2D eigenvalue weighted by molar-refractivity contribution is 0.341. The van der Waals surface area contributed by atoms with Gasteiger partial charge in [0.05, 0.1) is 6.61 Å². The maximum atomic E-state index is 13.4. The van der Waals surface area contributed by atoms with Crippen LogP contribution in [-0.2, 0) is 6.42 Å². The average molecular weight is 271 g/mol. The first-order chi connectivity index (χ1) is 8.65. The van der Waals surface area contributed by atoms with E-state index in [1.807, 2.05) is 24.8 Å². The minimum atomic E-state index is -0.256. The molecule has 4 heteroatoms. The van der Waals surface area contributed by atoms with Crippen LogP contribution in [0, 0.1) is 5.82 Å². The fourth-order valence-corrected chi connectivity index (χ4v) is 2.12. The second kappa shape index (κ2) is 8.38. The number of rotatable bonds is 8. The van der Waals surface area contributed by atoms with Gasteiger partial charge in [-0.15, -0.1) is 0 Å². The zero-order valence-electron chi connectivity index (χ0n) is 11.1. The molecule has 0 bridgehead atoms. The van der Waals surface area contributed by atoms with Gasteiger partial charge in [0.15, 0.2) is 0 Å². The minimum absolute atomic E-state index is 0.0790. The monoisotopic (exact) mass is 271 g/mol. The van der Waals surface area contributed by atoms with Gasteiger partial charge in [-0.3, -0.25) is 0 Å². The molecule has 2 N–H and O–H groups in total. The zero-order valence-corrected chi connectivity index (χ0v) is 11.9. The third-order valence-electron chi connectivity index (χ3n) is 2.65. The van der Waals surface area contributed by atoms with Crippen molar-refractivity contribution in [3.05, 3.63) is 29.6 Å². The molecule has 0 aliphatic heterocycles. The van der Waals surface area contributed by atoms with E-state index in [2.05, 4.69) is 6.92 Å². The molecule has 0 aromatic heterocycles. The average Bonchev–Trinajstić information content (AvgIpc) is 2.34. The maximum Gasteiger partial charge on any atom is 0.127 e. The summed E-state index contributed by atoms with van der Waals surface area (Å²) in [6.07, 6.45) is 1.58. The summed E-state index contributed by atoms with van der Waals surface area (Å²) >= 11 is 1.81. The molecule has 0 saturated carbocycles. The highest BCUT2D eigenvalue weighted by atomic mass is 32.2. The molecular formula is C14H22FNOS. The smallest absolute Gasteiger partial charge is 0.127 e. The van der Waals surface area contributed by atoms with Gasteiger partial charge in [0.1, 0.15) is 11.6 Å². The van der Waals surface area contributed by atoms with Gasteiger partial charge >= 0.3 is 0 Å². The third kappa shape index (κ3) is 5.74. The SMILES string of the molecule is CCSCCOc1cc(F)cc(CC(N)CC)c1. The Balaban J connectivity index is 2.57. The first-order valence-corrected chi connectivity index (χ1v) is 7.56. The van der Waals surface area contributed by atoms with Crippen LogP contribution in [0.4, 0.5) is 4.39 Å². The first-order valence-electron chi connectivity index (χ1n) is 6.41. The quantitative estimate of drug-likeness (QED) is 0.737. The van der Waals surface area contributed by atoms with Crippen molar-refractivity contribution in [3.63, 3.8) is 0 Å². The molecule has 1 atom stereocenters. The molecule has 0 radical (unpaired) electrons. The van der Waals surface area contributed by atoms with Crippen molar-refractivity contribution < 1.29 is 9.13 Å². The number of hydrogen-bond donors (Lipinski definition) is 1. The molecule has 1 rings (SSSR count). The van der Waals surface area contributed by atoms with Gasteiger partial charge in [-0.25, -0.2) is 4.39 Å². The van der Waals surface area contributed by atoms with E-state index in [0.717, 1.165) is 23.5 Å². The van der Waals surface area contributed by atoms with Crippen LogP contribution in [0.15, 0.2) is 18.2 Å². The standard InChI is InChI=1S/C14H22FNOS/c1-3-13(16)8-11-7-12(15)10-14(9-11)17-5-6-18-4-2/h7,9-10,13H,3-6,8,16H2,1-2H3. The van der Waals surface area contributed by atoms with Crippen molar-refractivity contribution in [1.29, 1.82) is 0 Å². The van der Waals surface area contributed by atoms with Crippen LogP contribution >= 0.6 is 11.8 Å². The largest absolute Gasteiger partial charge is 0.493 e. The van der Waals surface area contributed by atoms with Crippen molar-refractivity contribution in [3.8, 4) is 5.75 Å². The topological polar surface area (TPSA) is 35.2 Å². The predicted octanol–water partition coefficient (Wildman–Crippen LogP) is 3.24. The number of nitrogens with two attached hydrogens (primary N) is 1. The number of halogens is 1. The molecule has 0 heterocycles. The molecule has 0 aliphatic carbocycles. The van der Waals surface area contributed by atoms with Gasteiger partial charge in [0, 0.05) is 17.9 Å². The van der Waals surface area contributed by atoms with Crippen LogP contribution < -0.4 is 10.5 Å². The Bertz CT molecular complexity index is 360. The summed E-state index contributed by atoms with van der Waals surface area (Å²) in [7, 11) is 0. The summed E-state index contributed by atoms with van der Waals surface area (Å²) in [5.41, 5.74) is 6.78. The minimum Gasteiger partial charge on any atom is -0.493 e. The van der Waals surface area contributed by atoms with Crippen LogP contribution in [0.25, 0.3) is 0 Å². The van der Waals surface area contributed by atoms with E-state index < -0.39 is 0 Å². The molecule has 102 valence electrons. The molecular weight excluding hydrogens is 249 g/mol. The fraction of sp³-hybridized carbons (Fsp3) is 0.571. The molecule has 2 nitrogen and oxygen atoms in total. The predicted molar refractivity (Wildman–Crippen MR) is 76.9 cm³/mol. The van der Waals surface area contributed by atoms with Crippen molar-refractivity contribution in [2.75, 3.05) is 18.1 Å². The maximum absolute atomic E-state index is 13.4. The van der Waals surface area contributed by atoms with Crippen LogP contribution in [0.2, 0.25) is 0 Å². The summed E-state index contributed by atoms with van der Waals surface area (Å²) in [6.45, 7) is 4.75. The molecule has 1 unspecified atom stereocenters. The molecule has 0 saturated heterocycles. The van der Waals surface area contributed by atoms with E-state index in [1.54, 1.807) is 0 Å². The van der Waals surface area contributed by atoms with E-state index in [1.165, 1.54) is 12.1 Å². The highest BCUT2D eigenvalue weighted by Gasteiger charge is 2.06. The number of benzene rings is 1. The number of thioether (sulfide) groups is 1. The third-order valence-corrected chi connectivity index (χ3v) is 3.52. The summed E-state index contributed by atoms with van der Waals surface area (Å²) < 4.78 is 19.0. The Morgan fingerprint density at radius 3 is 2.78 bits per heavy atom. The van der Waals surface area contributed by atoms with Crippen LogP contribution in [0.5, 0.6) is 5.75 Å². The van der Waals surface area contributed by atoms with Crippen molar-refractivity contribution >= 4 is 11.8 Å². The number of hydrogen-bond acceptors (Lipinski definition) is 3. The molecule has 1 aromatic rings. The Hall–Kier alpha value is -0.740. The molecule has 0 aliphatic rings. The van der Waals surface area contributed by atoms with E-state index in [0.29, 0.717) is 18.8 Å². The molecule has 0 spiro atoms. The van der Waals surface area contributed by atoms with Crippen LogP contribution in [0.3, 0.4) is 0 Å². The second-order valence-electron chi connectivity index (χ2n) is 4.21. The normalized spacial score (nSPS) is 12.4. The molecule has 1 aromatic carbocycles. The Kier molecular flexibility index (Phi) is 7.13. The molecule has 0 amide bonds. The van der Waals surface area contributed by atoms with Gasteiger partial charge < -0.3 is 10.5 Å². The molecule has 18 heavy (non-hydrogen) atoms. The van der Waals surface area contributed by atoms with Gasteiger partial charge in [0.2, 0.25) is 0 Å². The summed E-state index contributed by atoms with van der Waals surface area (Å²) in [5, 5.41) is 0. The van der Waals surface area contributed by atoms with Crippen LogP contribution in [-0.4, -0.2) is 24.2 Å². The lowest BCUT2D eigenvalue weighted by atomic mass is 10.0. The van der Waals surface area contributed by atoms with Gasteiger partial charge in [-0.1, -0.05) is 13.8 Å². The number of ether oxygens (including phenoxy) is 1. The highest BCUT2D eigenvalue weighted by molar-refractivity contribution is 7.99. The Morgan fingerprint density at radius 1 is 1.33 bits per heavy atom. The lowest BCUT2D eigenvalue weighted by Crippen LogP contribution is -2.21. The van der Waals surface area contributed by atoms with E-state index >= 15 is 0 Å². The van der Waals surface area contributed by atoms with Crippen molar-refractivity contribution in [2.45, 2.75) is 32.7 Å². The highest BCUT2D eigenvalue weighted by Crippen LogP contribution is 2.18. The Labute approximate surface area is 113 Å². The summed E-state index contributed by atoms with van der Waals surface area (Å²) in [5.74, 6) is 2.35. The lowest BCUT2D eigenvalue weighted by Gasteiger charge is -2.11. The fourth-order valence-electron chi connectivity index (χ4n) is 1.63. The second-order valence-corrected chi connectivity index (χ2v) is 5.61. The van der Waals surface area contributed by atoms with E-state index in [4.69, 9.17) is 10.5 Å². The van der Waals surface area contributed by atoms with Crippen molar-refractivity contribution in [1.82, 2.24) is 0 Å². The summed E-state index contributed by atoms with van der Waals surface area (Å²) in [6, 6.07) is 4.92. The van der Waals surface area contributed by atoms with E-state index in [9.17, 15) is 4.39 Å². The van der Waals surface area contributed by atoms with Gasteiger partial charge in [-0.2, -0.15) is 11.8 Å². The van der Waals surface area contributed by atoms with E-state index in [-0.39, 0.29) is 11.9 Å². The summed E-state index contributed by atoms with van der Waals surface area (Å²) in [4.78, 5) is 0. The first kappa shape index (κ1) is 15.3. The zero-order chi connectivity index (χ0) is 13.4. The van der Waals surface area contributed by atoms with Crippen LogP contribution in [0.1, 0.15) is 25.8 Å². The van der Waals surface area contributed by atoms with Crippen molar-refractivity contribution in [2.24, 2.45) is 5.73 Å².